The number of ether oxygens (including phenoxy) is 3. The number of carbonyl (C=O) groups is 3. The molecule has 0 amide bonds. The summed E-state index contributed by atoms with van der Waals surface area (Å²) in [4.78, 5) is 38.6. The summed E-state index contributed by atoms with van der Waals surface area (Å²) in [6.07, 6.45) is 1.36. The van der Waals surface area contributed by atoms with Crippen molar-refractivity contribution >= 4 is 17.9 Å². The Bertz CT molecular complexity index is 515. The summed E-state index contributed by atoms with van der Waals surface area (Å²) in [6, 6.07) is 1.37. The van der Waals surface area contributed by atoms with E-state index >= 15 is 0 Å². The van der Waals surface area contributed by atoms with Crippen LogP contribution < -0.4 is 0 Å². The third kappa shape index (κ3) is 3.24. The second-order valence-electron chi connectivity index (χ2n) is 4.36. The lowest BCUT2D eigenvalue weighted by Crippen LogP contribution is -2.44. The Hall–Kier alpha value is -2.31. The first kappa shape index (κ1) is 16.7. The van der Waals surface area contributed by atoms with E-state index < -0.39 is 23.3 Å². The molecule has 0 atom stereocenters. The zero-order valence-corrected chi connectivity index (χ0v) is 12.5. The van der Waals surface area contributed by atoms with Gasteiger partial charge in [0.1, 0.15) is 0 Å². The van der Waals surface area contributed by atoms with Crippen molar-refractivity contribution in [1.29, 1.82) is 0 Å². The summed E-state index contributed by atoms with van der Waals surface area (Å²) in [5.41, 5.74) is -1.26. The zero-order chi connectivity index (χ0) is 16.0. The molecular weight excluding hydrogens is 278 g/mol. The van der Waals surface area contributed by atoms with E-state index in [0.29, 0.717) is 0 Å². The Morgan fingerprint density at radius 1 is 1.14 bits per heavy atom. The fourth-order valence-electron chi connectivity index (χ4n) is 1.77. The fourth-order valence-corrected chi connectivity index (χ4v) is 1.77. The minimum absolute atomic E-state index is 0.123. The van der Waals surface area contributed by atoms with Crippen LogP contribution in [0.4, 0.5) is 0 Å². The summed E-state index contributed by atoms with van der Waals surface area (Å²) < 4.78 is 14.5. The van der Waals surface area contributed by atoms with Crippen LogP contribution >= 0.6 is 0 Å². The number of esters is 3. The van der Waals surface area contributed by atoms with Gasteiger partial charge < -0.3 is 19.2 Å². The van der Waals surface area contributed by atoms with Gasteiger partial charge in [0.15, 0.2) is 0 Å². The predicted molar refractivity (Wildman–Crippen MR) is 72.8 cm³/mol. The van der Waals surface area contributed by atoms with Gasteiger partial charge in [-0.25, -0.2) is 4.79 Å². The third-order valence-corrected chi connectivity index (χ3v) is 3.01. The molecule has 0 bridgehead atoms. The molecular formula is C14H19NO6. The van der Waals surface area contributed by atoms with Gasteiger partial charge in [-0.1, -0.05) is 0 Å². The van der Waals surface area contributed by atoms with E-state index in [0.717, 1.165) is 0 Å². The predicted octanol–water partition coefficient (Wildman–Crippen LogP) is 1.19. The first-order chi connectivity index (χ1) is 9.91. The molecule has 1 heterocycles. The van der Waals surface area contributed by atoms with Gasteiger partial charge in [-0.15, -0.1) is 0 Å². The molecule has 0 unspecified atom stereocenters. The highest BCUT2D eigenvalue weighted by atomic mass is 16.6. The first-order valence-corrected chi connectivity index (χ1v) is 6.53. The highest BCUT2D eigenvalue weighted by Gasteiger charge is 2.47. The van der Waals surface area contributed by atoms with Crippen LogP contribution in [0.25, 0.3) is 0 Å². The van der Waals surface area contributed by atoms with E-state index in [4.69, 9.17) is 9.47 Å². The molecule has 0 radical (unpaired) electrons. The molecule has 7 nitrogen and oxygen atoms in total. The quantitative estimate of drug-likeness (QED) is 0.481. The minimum Gasteiger partial charge on any atom is -0.465 e. The van der Waals surface area contributed by atoms with Gasteiger partial charge in [0.05, 0.1) is 25.9 Å². The maximum atomic E-state index is 12.2. The second-order valence-corrected chi connectivity index (χ2v) is 4.36. The number of hydrogen-bond acceptors (Lipinski definition) is 6. The van der Waals surface area contributed by atoms with Crippen molar-refractivity contribution in [2.24, 2.45) is 0 Å². The Kier molecular flexibility index (Phi) is 5.52. The number of aromatic nitrogens is 1. The topological polar surface area (TPSA) is 94.7 Å². The smallest absolute Gasteiger partial charge is 0.339 e. The Morgan fingerprint density at radius 3 is 2.10 bits per heavy atom. The molecule has 0 aliphatic rings. The van der Waals surface area contributed by atoms with Crippen molar-refractivity contribution in [3.05, 3.63) is 23.5 Å². The molecule has 21 heavy (non-hydrogen) atoms. The number of aromatic amines is 1. The average molecular weight is 297 g/mol. The molecule has 0 saturated carbocycles. The molecule has 0 fully saturated rings. The standard InChI is InChI=1S/C14H19NO6/c1-5-20-12(17)14(3,13(18)21-6-2)10-7-9(8-15-10)11(16)19-4/h7-8,15H,5-6H2,1-4H3. The molecule has 0 aliphatic heterocycles. The Labute approximate surface area is 122 Å². The van der Waals surface area contributed by atoms with Crippen LogP contribution in [0.15, 0.2) is 12.3 Å². The van der Waals surface area contributed by atoms with Crippen LogP contribution in [0.2, 0.25) is 0 Å². The fraction of sp³-hybridized carbons (Fsp3) is 0.500. The van der Waals surface area contributed by atoms with Gasteiger partial charge in [-0.3, -0.25) is 9.59 Å². The average Bonchev–Trinajstić information content (AvgIpc) is 2.96. The molecule has 1 aromatic heterocycles. The second kappa shape index (κ2) is 6.92. The lowest BCUT2D eigenvalue weighted by molar-refractivity contribution is -0.164. The summed E-state index contributed by atoms with van der Waals surface area (Å²) >= 11 is 0. The van der Waals surface area contributed by atoms with Gasteiger partial charge in [0.25, 0.3) is 0 Å². The van der Waals surface area contributed by atoms with E-state index in [1.807, 2.05) is 0 Å². The summed E-state index contributed by atoms with van der Waals surface area (Å²) in [5.74, 6) is -2.07. The Balaban J connectivity index is 3.23. The molecule has 116 valence electrons. The highest BCUT2D eigenvalue weighted by molar-refractivity contribution is 6.06. The third-order valence-electron chi connectivity index (χ3n) is 3.01. The molecule has 0 aliphatic carbocycles. The van der Waals surface area contributed by atoms with E-state index in [-0.39, 0.29) is 24.5 Å². The zero-order valence-electron chi connectivity index (χ0n) is 12.5. The molecule has 0 aromatic carbocycles. The van der Waals surface area contributed by atoms with Crippen molar-refractivity contribution in [3.63, 3.8) is 0 Å². The minimum atomic E-state index is -1.67. The van der Waals surface area contributed by atoms with Gasteiger partial charge in [-0.2, -0.15) is 0 Å². The SMILES string of the molecule is CCOC(=O)C(C)(C(=O)OCC)c1cc(C(=O)OC)c[nH]1. The van der Waals surface area contributed by atoms with Crippen molar-refractivity contribution in [2.75, 3.05) is 20.3 Å². The van der Waals surface area contributed by atoms with E-state index in [1.165, 1.54) is 26.3 Å². The lowest BCUT2D eigenvalue weighted by Gasteiger charge is -2.23. The maximum absolute atomic E-state index is 12.2. The number of methoxy groups -OCH3 is 1. The maximum Gasteiger partial charge on any atom is 0.339 e. The first-order valence-electron chi connectivity index (χ1n) is 6.53. The summed E-state index contributed by atoms with van der Waals surface area (Å²) in [6.45, 7) is 4.91. The van der Waals surface area contributed by atoms with Crippen molar-refractivity contribution in [1.82, 2.24) is 4.98 Å². The lowest BCUT2D eigenvalue weighted by atomic mass is 9.86. The van der Waals surface area contributed by atoms with Gasteiger partial charge >= 0.3 is 17.9 Å². The molecule has 0 saturated heterocycles. The van der Waals surface area contributed by atoms with Crippen LogP contribution in [0.3, 0.4) is 0 Å². The van der Waals surface area contributed by atoms with Gasteiger partial charge in [0, 0.05) is 11.9 Å². The highest BCUT2D eigenvalue weighted by Crippen LogP contribution is 2.27. The van der Waals surface area contributed by atoms with Crippen LogP contribution in [0.1, 0.15) is 36.8 Å². The van der Waals surface area contributed by atoms with E-state index in [2.05, 4.69) is 9.72 Å². The van der Waals surface area contributed by atoms with Crippen molar-refractivity contribution < 1.29 is 28.6 Å². The van der Waals surface area contributed by atoms with Crippen LogP contribution in [0, 0.1) is 0 Å². The van der Waals surface area contributed by atoms with E-state index in [9.17, 15) is 14.4 Å². The monoisotopic (exact) mass is 297 g/mol. The van der Waals surface area contributed by atoms with Gasteiger partial charge in [-0.05, 0) is 26.8 Å². The number of rotatable bonds is 6. The summed E-state index contributed by atoms with van der Waals surface area (Å²) in [7, 11) is 1.24. The molecule has 1 rings (SSSR count). The largest absolute Gasteiger partial charge is 0.465 e. The number of carbonyl (C=O) groups excluding carboxylic acids is 3. The summed E-state index contributed by atoms with van der Waals surface area (Å²) in [5, 5.41) is 0. The van der Waals surface area contributed by atoms with Gasteiger partial charge in [0.2, 0.25) is 5.41 Å². The molecule has 0 spiro atoms. The normalized spacial score (nSPS) is 10.9. The van der Waals surface area contributed by atoms with Crippen LogP contribution in [-0.2, 0) is 29.2 Å². The number of hydrogen-bond donors (Lipinski definition) is 1. The molecule has 1 aromatic rings. The molecule has 1 N–H and O–H groups in total. The number of H-pyrrole nitrogens is 1. The van der Waals surface area contributed by atoms with Crippen LogP contribution in [0.5, 0.6) is 0 Å². The van der Waals surface area contributed by atoms with Crippen LogP contribution in [-0.4, -0.2) is 43.2 Å². The molecule has 7 heteroatoms. The Morgan fingerprint density at radius 2 is 1.67 bits per heavy atom. The number of nitrogens with one attached hydrogen (secondary N) is 1. The van der Waals surface area contributed by atoms with E-state index in [1.54, 1.807) is 13.8 Å². The van der Waals surface area contributed by atoms with Crippen molar-refractivity contribution in [2.45, 2.75) is 26.2 Å². The van der Waals surface area contributed by atoms with Crippen molar-refractivity contribution in [3.8, 4) is 0 Å².